The molecule has 0 aliphatic heterocycles. The zero-order chi connectivity index (χ0) is 20.6. The molecule has 0 spiro atoms. The highest BCUT2D eigenvalue weighted by molar-refractivity contribution is 6.05. The van der Waals surface area contributed by atoms with Gasteiger partial charge in [0.15, 0.2) is 0 Å². The number of anilines is 1. The molecule has 144 valence electrons. The van der Waals surface area contributed by atoms with Crippen LogP contribution in [0.1, 0.15) is 27.0 Å². The van der Waals surface area contributed by atoms with Gasteiger partial charge in [0, 0.05) is 16.8 Å². The lowest BCUT2D eigenvalue weighted by atomic mass is 10.1. The van der Waals surface area contributed by atoms with Gasteiger partial charge < -0.3 is 15.8 Å². The minimum absolute atomic E-state index is 0.0396. The topological polar surface area (TPSA) is 105 Å². The van der Waals surface area contributed by atoms with Crippen LogP contribution in [0.25, 0.3) is 0 Å². The molecule has 0 atom stereocenters. The third-order valence-electron chi connectivity index (χ3n) is 4.26. The summed E-state index contributed by atoms with van der Waals surface area (Å²) >= 11 is 0. The molecular weight excluding hydrogens is 366 g/mol. The lowest BCUT2D eigenvalue weighted by Gasteiger charge is -2.11. The van der Waals surface area contributed by atoms with Crippen LogP contribution in [0.4, 0.5) is 5.69 Å². The molecular formula is C23H19N3O3. The molecule has 3 rings (SSSR count). The molecule has 6 nitrogen and oxygen atoms in total. The first-order valence-electron chi connectivity index (χ1n) is 8.95. The van der Waals surface area contributed by atoms with E-state index in [4.69, 9.17) is 15.7 Å². The van der Waals surface area contributed by atoms with E-state index >= 15 is 0 Å². The highest BCUT2D eigenvalue weighted by Gasteiger charge is 2.11. The second-order valence-corrected chi connectivity index (χ2v) is 6.34. The second-order valence-electron chi connectivity index (χ2n) is 6.34. The Morgan fingerprint density at radius 3 is 2.45 bits per heavy atom. The smallest absolute Gasteiger partial charge is 0.255 e. The van der Waals surface area contributed by atoms with Crippen LogP contribution in [-0.4, -0.2) is 11.8 Å². The number of amides is 2. The third-order valence-corrected chi connectivity index (χ3v) is 4.26. The Balaban J connectivity index is 1.72. The number of hydrogen-bond acceptors (Lipinski definition) is 4. The predicted octanol–water partition coefficient (Wildman–Crippen LogP) is 3.42. The summed E-state index contributed by atoms with van der Waals surface area (Å²) in [4.78, 5) is 23.9. The number of ether oxygens (including phenoxy) is 1. The number of nitriles is 1. The average molecular weight is 385 g/mol. The largest absolute Gasteiger partial charge is 0.489 e. The van der Waals surface area contributed by atoms with Gasteiger partial charge in [0.1, 0.15) is 12.4 Å². The SMILES string of the molecule is N#Cc1ccccc1COc1cccc(C(=O)Nc2ccccc2CC(N)=O)c1. The standard InChI is InChI=1S/C23H19N3O3/c24-14-18-7-1-2-8-19(18)15-29-20-10-5-9-17(12-20)23(28)26-21-11-4-3-6-16(21)13-22(25)27/h1-12H,13,15H2,(H2,25,27)(H,26,28). The molecule has 0 fully saturated rings. The van der Waals surface area contributed by atoms with E-state index < -0.39 is 5.91 Å². The van der Waals surface area contributed by atoms with Crippen LogP contribution >= 0.6 is 0 Å². The fourth-order valence-electron chi connectivity index (χ4n) is 2.82. The van der Waals surface area contributed by atoms with Crippen molar-refractivity contribution in [2.75, 3.05) is 5.32 Å². The molecule has 0 aliphatic carbocycles. The van der Waals surface area contributed by atoms with Crippen molar-refractivity contribution >= 4 is 17.5 Å². The Hall–Kier alpha value is -4.11. The van der Waals surface area contributed by atoms with Gasteiger partial charge in [-0.2, -0.15) is 5.26 Å². The number of carbonyl (C=O) groups is 2. The molecule has 0 saturated heterocycles. The minimum atomic E-state index is -0.472. The van der Waals surface area contributed by atoms with Crippen molar-refractivity contribution in [3.63, 3.8) is 0 Å². The molecule has 0 saturated carbocycles. The number of rotatable bonds is 7. The third kappa shape index (κ3) is 5.21. The quantitative estimate of drug-likeness (QED) is 0.650. The van der Waals surface area contributed by atoms with Crippen molar-refractivity contribution in [2.24, 2.45) is 5.73 Å². The zero-order valence-corrected chi connectivity index (χ0v) is 15.6. The molecule has 0 radical (unpaired) electrons. The lowest BCUT2D eigenvalue weighted by molar-refractivity contribution is -0.117. The van der Waals surface area contributed by atoms with Crippen molar-refractivity contribution in [1.82, 2.24) is 0 Å². The van der Waals surface area contributed by atoms with Crippen molar-refractivity contribution < 1.29 is 14.3 Å². The molecule has 0 heterocycles. The number of carbonyl (C=O) groups excluding carboxylic acids is 2. The van der Waals surface area contributed by atoms with Crippen LogP contribution < -0.4 is 15.8 Å². The maximum atomic E-state index is 12.7. The van der Waals surface area contributed by atoms with E-state index in [0.717, 1.165) is 5.56 Å². The van der Waals surface area contributed by atoms with Crippen molar-refractivity contribution in [3.8, 4) is 11.8 Å². The molecule has 0 aromatic heterocycles. The molecule has 0 bridgehead atoms. The van der Waals surface area contributed by atoms with Gasteiger partial charge in [0.25, 0.3) is 5.91 Å². The van der Waals surface area contributed by atoms with Crippen molar-refractivity contribution in [2.45, 2.75) is 13.0 Å². The molecule has 2 amide bonds. The van der Waals surface area contributed by atoms with E-state index in [1.807, 2.05) is 12.1 Å². The maximum absolute atomic E-state index is 12.7. The van der Waals surface area contributed by atoms with E-state index in [9.17, 15) is 9.59 Å². The fraction of sp³-hybridized carbons (Fsp3) is 0.0870. The highest BCUT2D eigenvalue weighted by Crippen LogP contribution is 2.20. The van der Waals surface area contributed by atoms with Crippen LogP contribution in [0, 0.1) is 11.3 Å². The Kier molecular flexibility index (Phi) is 6.23. The van der Waals surface area contributed by atoms with Crippen molar-refractivity contribution in [3.05, 3.63) is 95.1 Å². The molecule has 0 aliphatic rings. The Morgan fingerprint density at radius 1 is 0.966 bits per heavy atom. The highest BCUT2D eigenvalue weighted by atomic mass is 16.5. The number of nitrogens with two attached hydrogens (primary N) is 1. The summed E-state index contributed by atoms with van der Waals surface area (Å²) < 4.78 is 5.76. The normalized spacial score (nSPS) is 10.0. The summed E-state index contributed by atoms with van der Waals surface area (Å²) in [6.45, 7) is 0.219. The Labute approximate surface area is 168 Å². The van der Waals surface area contributed by atoms with Gasteiger partial charge >= 0.3 is 0 Å². The van der Waals surface area contributed by atoms with Gasteiger partial charge in [-0.15, -0.1) is 0 Å². The average Bonchev–Trinajstić information content (AvgIpc) is 2.73. The number of primary amides is 1. The monoisotopic (exact) mass is 385 g/mol. The first-order valence-corrected chi connectivity index (χ1v) is 8.95. The summed E-state index contributed by atoms with van der Waals surface area (Å²) in [5, 5.41) is 12.0. The summed E-state index contributed by atoms with van der Waals surface area (Å²) in [6, 6.07) is 23.1. The summed E-state index contributed by atoms with van der Waals surface area (Å²) in [5.41, 5.74) is 8.17. The molecule has 3 aromatic carbocycles. The van der Waals surface area contributed by atoms with Crippen LogP contribution in [0.5, 0.6) is 5.75 Å². The molecule has 29 heavy (non-hydrogen) atoms. The van der Waals surface area contributed by atoms with Gasteiger partial charge in [-0.25, -0.2) is 0 Å². The van der Waals surface area contributed by atoms with E-state index in [1.54, 1.807) is 60.7 Å². The first kappa shape index (κ1) is 19.6. The van der Waals surface area contributed by atoms with Crippen LogP contribution in [0.15, 0.2) is 72.8 Å². The minimum Gasteiger partial charge on any atom is -0.489 e. The van der Waals surface area contributed by atoms with Gasteiger partial charge in [-0.1, -0.05) is 42.5 Å². The molecule has 0 unspecified atom stereocenters. The summed E-state index contributed by atoms with van der Waals surface area (Å²) in [6.07, 6.45) is 0.0396. The van der Waals surface area contributed by atoms with E-state index in [0.29, 0.717) is 28.1 Å². The number of nitrogens with one attached hydrogen (secondary N) is 1. The van der Waals surface area contributed by atoms with Crippen molar-refractivity contribution in [1.29, 1.82) is 5.26 Å². The fourth-order valence-corrected chi connectivity index (χ4v) is 2.82. The van der Waals surface area contributed by atoms with E-state index in [1.165, 1.54) is 0 Å². The van der Waals surface area contributed by atoms with Gasteiger partial charge in [0.05, 0.1) is 18.1 Å². The molecule has 6 heteroatoms. The predicted molar refractivity (Wildman–Crippen MR) is 109 cm³/mol. The number of para-hydroxylation sites is 1. The zero-order valence-electron chi connectivity index (χ0n) is 15.6. The summed E-state index contributed by atoms with van der Waals surface area (Å²) in [7, 11) is 0. The number of nitrogens with zero attached hydrogens (tertiary/aromatic N) is 1. The van der Waals surface area contributed by atoms with Gasteiger partial charge in [-0.3, -0.25) is 9.59 Å². The van der Waals surface area contributed by atoms with E-state index in [2.05, 4.69) is 11.4 Å². The maximum Gasteiger partial charge on any atom is 0.255 e. The van der Waals surface area contributed by atoms with Crippen LogP contribution in [0.3, 0.4) is 0 Å². The first-order chi connectivity index (χ1) is 14.1. The Bertz CT molecular complexity index is 1090. The lowest BCUT2D eigenvalue weighted by Crippen LogP contribution is -2.17. The van der Waals surface area contributed by atoms with Gasteiger partial charge in [-0.05, 0) is 35.9 Å². The number of benzene rings is 3. The summed E-state index contributed by atoms with van der Waals surface area (Å²) in [5.74, 6) is -0.291. The Morgan fingerprint density at radius 2 is 1.69 bits per heavy atom. The van der Waals surface area contributed by atoms with Gasteiger partial charge in [0.2, 0.25) is 5.91 Å². The molecule has 3 aromatic rings. The second kappa shape index (κ2) is 9.20. The number of hydrogen-bond donors (Lipinski definition) is 2. The van der Waals surface area contributed by atoms with E-state index in [-0.39, 0.29) is 18.9 Å². The van der Waals surface area contributed by atoms with Crippen LogP contribution in [-0.2, 0) is 17.8 Å². The molecule has 3 N–H and O–H groups in total. The van der Waals surface area contributed by atoms with Crippen LogP contribution in [0.2, 0.25) is 0 Å².